The molecule has 0 aliphatic rings. The summed E-state index contributed by atoms with van der Waals surface area (Å²) in [6.07, 6.45) is 12.3. The Morgan fingerprint density at radius 3 is 1.29 bits per heavy atom. The zero-order valence-corrected chi connectivity index (χ0v) is 26.5. The van der Waals surface area contributed by atoms with Gasteiger partial charge in [0.15, 0.2) is 0 Å². The van der Waals surface area contributed by atoms with Crippen LogP contribution in [0.4, 0.5) is 0 Å². The first-order valence-corrected chi connectivity index (χ1v) is 18.6. The summed E-state index contributed by atoms with van der Waals surface area (Å²) in [6.45, 7) is 22.3. The normalized spacial score (nSPS) is 13.6. The van der Waals surface area contributed by atoms with Crippen LogP contribution in [0.5, 0.6) is 0 Å². The second-order valence-electron chi connectivity index (χ2n) is 9.47. The fourth-order valence-electron chi connectivity index (χ4n) is 3.93. The predicted octanol–water partition coefficient (Wildman–Crippen LogP) is 8.63. The van der Waals surface area contributed by atoms with Gasteiger partial charge >= 0.3 is 0 Å². The van der Waals surface area contributed by atoms with E-state index in [1.807, 2.05) is 0 Å². The van der Waals surface area contributed by atoms with Gasteiger partial charge in [-0.1, -0.05) is 48.5 Å². The monoisotopic (exact) mass is 541 g/mol. The van der Waals surface area contributed by atoms with Gasteiger partial charge in [-0.05, 0) is 51.9 Å². The first kappa shape index (κ1) is 35.6. The summed E-state index contributed by atoms with van der Waals surface area (Å²) in [7, 11) is -3.78. The zero-order chi connectivity index (χ0) is 26.4. The SMILES string of the molecule is CCCON(CC[P+](CCC)(OCCC)OCCC)C(C)CC[P+](CCC)(OCCC)OCCC. The maximum atomic E-state index is 6.46. The van der Waals surface area contributed by atoms with Crippen molar-refractivity contribution in [2.75, 3.05) is 64.2 Å². The van der Waals surface area contributed by atoms with Crippen LogP contribution in [0.1, 0.15) is 107 Å². The molecule has 6 nitrogen and oxygen atoms in total. The number of nitrogens with zero attached hydrogens (tertiary/aromatic N) is 1. The minimum atomic E-state index is -1.91. The largest absolute Gasteiger partial charge is 0.299 e. The van der Waals surface area contributed by atoms with E-state index in [0.717, 1.165) is 116 Å². The Balaban J connectivity index is 5.44. The van der Waals surface area contributed by atoms with Gasteiger partial charge in [-0.2, -0.15) is 5.06 Å². The van der Waals surface area contributed by atoms with Crippen LogP contribution in [-0.2, 0) is 22.9 Å². The van der Waals surface area contributed by atoms with E-state index in [2.05, 4.69) is 60.5 Å². The van der Waals surface area contributed by atoms with E-state index in [9.17, 15) is 0 Å². The van der Waals surface area contributed by atoms with Crippen molar-refractivity contribution in [3.63, 3.8) is 0 Å². The van der Waals surface area contributed by atoms with Crippen LogP contribution < -0.4 is 0 Å². The van der Waals surface area contributed by atoms with Gasteiger partial charge in [0.2, 0.25) is 0 Å². The van der Waals surface area contributed by atoms with Crippen molar-refractivity contribution in [2.24, 2.45) is 0 Å². The van der Waals surface area contributed by atoms with Crippen LogP contribution in [0.2, 0.25) is 0 Å². The molecule has 0 bridgehead atoms. The molecule has 1 unspecified atom stereocenters. The highest BCUT2D eigenvalue weighted by Gasteiger charge is 2.43. The Kier molecular flexibility index (Phi) is 23.0. The molecule has 0 aliphatic carbocycles. The van der Waals surface area contributed by atoms with Crippen LogP contribution in [0, 0.1) is 0 Å². The van der Waals surface area contributed by atoms with Crippen LogP contribution >= 0.6 is 15.4 Å². The molecule has 212 valence electrons. The molecule has 0 aromatic heterocycles. The second-order valence-corrected chi connectivity index (χ2v) is 15.5. The quantitative estimate of drug-likeness (QED) is 0.0807. The molecular formula is C27H61NO5P2+2. The lowest BCUT2D eigenvalue weighted by Crippen LogP contribution is -2.37. The number of hydrogen-bond acceptors (Lipinski definition) is 6. The van der Waals surface area contributed by atoms with Crippen LogP contribution in [0.25, 0.3) is 0 Å². The number of rotatable bonds is 26. The molecule has 0 aromatic carbocycles. The van der Waals surface area contributed by atoms with Crippen molar-refractivity contribution in [1.82, 2.24) is 5.06 Å². The first-order valence-electron chi connectivity index (χ1n) is 14.6. The Bertz CT molecular complexity index is 457. The van der Waals surface area contributed by atoms with E-state index in [1.54, 1.807) is 0 Å². The van der Waals surface area contributed by atoms with E-state index in [4.69, 9.17) is 22.9 Å². The van der Waals surface area contributed by atoms with Crippen molar-refractivity contribution in [3.8, 4) is 0 Å². The van der Waals surface area contributed by atoms with Crippen molar-refractivity contribution in [2.45, 2.75) is 113 Å². The summed E-state index contributed by atoms with van der Waals surface area (Å²) >= 11 is 0. The van der Waals surface area contributed by atoms with Gasteiger partial charge in [0.05, 0.1) is 39.6 Å². The minimum absolute atomic E-state index is 0.286. The molecule has 0 heterocycles. The minimum Gasteiger partial charge on any atom is -0.299 e. The standard InChI is InChI=1S/C27H61NO5P2/c1-9-18-29-28(17-26-35(24-15-7,32-21-12-4)33-22-13-5)27(8)16-25-34(23-14-6,30-19-10-2)31-20-11-3/h27H,9-26H2,1-8H3/q+2. The molecule has 0 radical (unpaired) electrons. The molecule has 0 amide bonds. The predicted molar refractivity (Wildman–Crippen MR) is 156 cm³/mol. The summed E-state index contributed by atoms with van der Waals surface area (Å²) in [5.41, 5.74) is 0. The fraction of sp³-hybridized carbons (Fsp3) is 1.00. The topological polar surface area (TPSA) is 49.4 Å². The smallest absolute Gasteiger partial charge is 0.276 e. The highest BCUT2D eigenvalue weighted by Crippen LogP contribution is 2.63. The average Bonchev–Trinajstić information content (AvgIpc) is 2.87. The highest BCUT2D eigenvalue weighted by molar-refractivity contribution is 7.66. The third-order valence-electron chi connectivity index (χ3n) is 5.75. The van der Waals surface area contributed by atoms with Gasteiger partial charge < -0.3 is 0 Å². The number of hydrogen-bond donors (Lipinski definition) is 0. The van der Waals surface area contributed by atoms with Gasteiger partial charge in [-0.25, -0.2) is 18.1 Å². The molecule has 1 atom stereocenters. The molecule has 35 heavy (non-hydrogen) atoms. The third kappa shape index (κ3) is 15.6. The lowest BCUT2D eigenvalue weighted by atomic mass is 10.2. The summed E-state index contributed by atoms with van der Waals surface area (Å²) in [5.74, 6) is 0. The maximum Gasteiger partial charge on any atom is 0.276 e. The molecule has 8 heteroatoms. The zero-order valence-electron chi connectivity index (χ0n) is 24.7. The Morgan fingerprint density at radius 1 is 0.514 bits per heavy atom. The lowest BCUT2D eigenvalue weighted by Gasteiger charge is -2.32. The summed E-state index contributed by atoms with van der Waals surface area (Å²) in [4.78, 5) is 6.29. The lowest BCUT2D eigenvalue weighted by molar-refractivity contribution is -0.180. The van der Waals surface area contributed by atoms with Crippen LogP contribution in [0.3, 0.4) is 0 Å². The maximum absolute atomic E-state index is 6.46. The highest BCUT2D eigenvalue weighted by atomic mass is 31.2. The first-order chi connectivity index (χ1) is 16.9. The molecule has 0 saturated heterocycles. The van der Waals surface area contributed by atoms with Gasteiger partial charge in [0.25, 0.3) is 15.4 Å². The molecule has 0 N–H and O–H groups in total. The average molecular weight is 542 g/mol. The van der Waals surface area contributed by atoms with Gasteiger partial charge in [0.1, 0.15) is 24.6 Å². The van der Waals surface area contributed by atoms with E-state index in [-0.39, 0.29) is 6.04 Å². The van der Waals surface area contributed by atoms with Gasteiger partial charge in [0, 0.05) is 12.5 Å². The Morgan fingerprint density at radius 2 is 0.914 bits per heavy atom. The fourth-order valence-corrected chi connectivity index (χ4v) is 10.2. The number of hydroxylamine groups is 2. The molecule has 0 spiro atoms. The summed E-state index contributed by atoms with van der Waals surface area (Å²) < 4.78 is 25.9. The van der Waals surface area contributed by atoms with Crippen molar-refractivity contribution in [3.05, 3.63) is 0 Å². The van der Waals surface area contributed by atoms with E-state index >= 15 is 0 Å². The summed E-state index contributed by atoms with van der Waals surface area (Å²) in [6, 6.07) is 0.286. The van der Waals surface area contributed by atoms with E-state index in [0.29, 0.717) is 0 Å². The third-order valence-corrected chi connectivity index (χ3v) is 12.4. The van der Waals surface area contributed by atoms with Crippen molar-refractivity contribution >= 4 is 15.4 Å². The Hall–Kier alpha value is 0.620. The van der Waals surface area contributed by atoms with Gasteiger partial charge in [-0.3, -0.25) is 4.84 Å². The second kappa shape index (κ2) is 22.6. The molecule has 0 aliphatic heterocycles. The van der Waals surface area contributed by atoms with E-state index < -0.39 is 15.4 Å². The van der Waals surface area contributed by atoms with Crippen molar-refractivity contribution in [1.29, 1.82) is 0 Å². The summed E-state index contributed by atoms with van der Waals surface area (Å²) in [5, 5.41) is 2.21. The van der Waals surface area contributed by atoms with E-state index in [1.165, 1.54) is 0 Å². The molecule has 0 rings (SSSR count). The molecule has 0 aromatic rings. The van der Waals surface area contributed by atoms with Gasteiger partial charge in [-0.15, -0.1) is 0 Å². The molecule has 0 fully saturated rings. The van der Waals surface area contributed by atoms with Crippen molar-refractivity contribution < 1.29 is 22.9 Å². The molecule has 0 saturated carbocycles. The molecular weight excluding hydrogens is 480 g/mol. The Labute approximate surface area is 220 Å². The van der Waals surface area contributed by atoms with Crippen LogP contribution in [-0.4, -0.2) is 75.3 Å². The van der Waals surface area contributed by atoms with Crippen LogP contribution in [0.15, 0.2) is 0 Å².